The maximum Gasteiger partial charge on any atom is 0.433 e. The number of rotatable bonds is 3. The molecule has 34 heavy (non-hydrogen) atoms. The van der Waals surface area contributed by atoms with Crippen molar-refractivity contribution in [2.24, 2.45) is 4.99 Å². The molecule has 3 aromatic rings. The Labute approximate surface area is 197 Å². The fraction of sp³-hybridized carbons (Fsp3) is 0.208. The average Bonchev–Trinajstić information content (AvgIpc) is 3.64. The minimum absolute atomic E-state index is 0.0928. The zero-order valence-electron chi connectivity index (χ0n) is 17.5. The van der Waals surface area contributed by atoms with Crippen molar-refractivity contribution in [3.8, 4) is 6.07 Å². The summed E-state index contributed by atoms with van der Waals surface area (Å²) in [5.74, 6) is 0.374. The number of nitriles is 1. The number of alkyl halides is 3. The Hall–Kier alpha value is -3.61. The molecule has 1 fully saturated rings. The molecule has 5 rings (SSSR count). The van der Waals surface area contributed by atoms with Crippen LogP contribution in [0, 0.1) is 11.3 Å². The van der Waals surface area contributed by atoms with E-state index in [-0.39, 0.29) is 17.4 Å². The van der Waals surface area contributed by atoms with Crippen LogP contribution in [-0.4, -0.2) is 22.3 Å². The summed E-state index contributed by atoms with van der Waals surface area (Å²) in [5.41, 5.74) is 1.85. The first-order chi connectivity index (χ1) is 16.3. The number of aliphatic imine (C=N–C) groups is 1. The Morgan fingerprint density at radius 2 is 1.88 bits per heavy atom. The van der Waals surface area contributed by atoms with Gasteiger partial charge in [0.25, 0.3) is 0 Å². The Morgan fingerprint density at radius 1 is 1.12 bits per heavy atom. The van der Waals surface area contributed by atoms with Gasteiger partial charge in [-0.15, -0.1) is 0 Å². The Morgan fingerprint density at radius 3 is 2.56 bits per heavy atom. The molecule has 0 saturated heterocycles. The predicted octanol–water partition coefficient (Wildman–Crippen LogP) is 5.79. The van der Waals surface area contributed by atoms with Gasteiger partial charge in [-0.2, -0.15) is 18.4 Å². The Kier molecular flexibility index (Phi) is 5.42. The molecular formula is C24H17ClF3N5O. The quantitative estimate of drug-likeness (QED) is 0.492. The number of aromatic nitrogens is 1. The normalized spacial score (nSPS) is 17.6. The van der Waals surface area contributed by atoms with Crippen LogP contribution in [0.15, 0.2) is 59.7 Å². The summed E-state index contributed by atoms with van der Waals surface area (Å²) in [6.07, 6.45) is -3.06. The highest BCUT2D eigenvalue weighted by molar-refractivity contribution is 6.33. The summed E-state index contributed by atoms with van der Waals surface area (Å²) >= 11 is 6.41. The molecule has 2 N–H and O–H groups in total. The molecular weight excluding hydrogens is 467 g/mol. The van der Waals surface area contributed by atoms with Gasteiger partial charge in [0, 0.05) is 17.4 Å². The van der Waals surface area contributed by atoms with Gasteiger partial charge in [0.15, 0.2) is 0 Å². The van der Waals surface area contributed by atoms with Crippen molar-refractivity contribution < 1.29 is 18.3 Å². The number of pyridine rings is 1. The van der Waals surface area contributed by atoms with Gasteiger partial charge in [-0.05, 0) is 60.7 Å². The van der Waals surface area contributed by atoms with E-state index in [0.29, 0.717) is 27.5 Å². The number of anilines is 3. The summed E-state index contributed by atoms with van der Waals surface area (Å²) in [6, 6.07) is 14.9. The van der Waals surface area contributed by atoms with Gasteiger partial charge in [-0.25, -0.2) is 4.99 Å². The second kappa shape index (κ2) is 8.31. The number of para-hydroxylation sites is 1. The molecule has 2 heterocycles. The van der Waals surface area contributed by atoms with E-state index >= 15 is 0 Å². The molecule has 0 amide bonds. The second-order valence-corrected chi connectivity index (χ2v) is 8.45. The number of hydrogen-bond acceptors (Lipinski definition) is 6. The average molecular weight is 484 g/mol. The van der Waals surface area contributed by atoms with E-state index in [1.807, 2.05) is 6.07 Å². The maximum absolute atomic E-state index is 13.1. The van der Waals surface area contributed by atoms with Crippen LogP contribution < -0.4 is 10.2 Å². The molecule has 1 aromatic heterocycles. The third kappa shape index (κ3) is 4.06. The van der Waals surface area contributed by atoms with Gasteiger partial charge in [0.05, 0.1) is 28.0 Å². The largest absolute Gasteiger partial charge is 0.433 e. The van der Waals surface area contributed by atoms with Crippen LogP contribution in [0.5, 0.6) is 0 Å². The molecule has 1 unspecified atom stereocenters. The van der Waals surface area contributed by atoms with Gasteiger partial charge in [0.2, 0.25) is 6.35 Å². The first kappa shape index (κ1) is 22.2. The molecule has 172 valence electrons. The van der Waals surface area contributed by atoms with Gasteiger partial charge >= 0.3 is 6.18 Å². The summed E-state index contributed by atoms with van der Waals surface area (Å²) in [6.45, 7) is 0. The van der Waals surface area contributed by atoms with Crippen LogP contribution in [0.3, 0.4) is 0 Å². The number of halogens is 4. The van der Waals surface area contributed by atoms with E-state index in [4.69, 9.17) is 11.6 Å². The van der Waals surface area contributed by atoms with Gasteiger partial charge in [-0.1, -0.05) is 23.7 Å². The van der Waals surface area contributed by atoms with Crippen molar-refractivity contribution in [2.45, 2.75) is 31.3 Å². The van der Waals surface area contributed by atoms with Crippen LogP contribution in [0.2, 0.25) is 5.02 Å². The van der Waals surface area contributed by atoms with E-state index in [2.05, 4.69) is 21.4 Å². The second-order valence-electron chi connectivity index (χ2n) is 8.04. The zero-order chi connectivity index (χ0) is 24.0. The van der Waals surface area contributed by atoms with Crippen molar-refractivity contribution in [2.75, 3.05) is 10.2 Å². The molecule has 1 atom stereocenters. The first-order valence-corrected chi connectivity index (χ1v) is 10.8. The standard InChI is InChI=1S/C24H17ClF3N5O/c25-18-3-1-2-4-19(18)33-20-11-16(13-5-6-13)14(12-29)9-17(20)22(32-23(33)34)31-15-7-8-30-21(10-15)24(26,27)28/h1-4,7-11,13,23,34H,5-6H2,(H,30,31,32). The fourth-order valence-electron chi connectivity index (χ4n) is 3.99. The predicted molar refractivity (Wildman–Crippen MR) is 122 cm³/mol. The van der Waals surface area contributed by atoms with Crippen LogP contribution in [0.4, 0.5) is 30.2 Å². The number of fused-ring (bicyclic) bond motifs is 1. The van der Waals surface area contributed by atoms with Gasteiger partial charge in [0.1, 0.15) is 11.5 Å². The van der Waals surface area contributed by atoms with E-state index in [1.54, 1.807) is 35.2 Å². The fourth-order valence-corrected chi connectivity index (χ4v) is 4.22. The first-order valence-electron chi connectivity index (χ1n) is 10.4. The molecule has 1 saturated carbocycles. The summed E-state index contributed by atoms with van der Waals surface area (Å²) in [7, 11) is 0. The van der Waals surface area contributed by atoms with Gasteiger partial charge in [-0.3, -0.25) is 9.88 Å². The zero-order valence-corrected chi connectivity index (χ0v) is 18.3. The van der Waals surface area contributed by atoms with Crippen molar-refractivity contribution in [3.05, 3.63) is 82.1 Å². The Balaban J connectivity index is 1.64. The lowest BCUT2D eigenvalue weighted by atomic mass is 9.96. The SMILES string of the molecule is N#Cc1cc2c(cc1C1CC1)N(c1ccccc1Cl)C(O)N=C2Nc1ccnc(C(F)(F)F)c1. The minimum Gasteiger partial charge on any atom is -0.355 e. The monoisotopic (exact) mass is 483 g/mol. The van der Waals surface area contributed by atoms with Crippen LogP contribution in [0.1, 0.15) is 41.1 Å². The molecule has 1 aliphatic heterocycles. The van der Waals surface area contributed by atoms with E-state index in [9.17, 15) is 23.5 Å². The highest BCUT2D eigenvalue weighted by Gasteiger charge is 2.35. The number of hydrogen-bond donors (Lipinski definition) is 2. The molecule has 10 heteroatoms. The number of aliphatic hydroxyl groups excluding tert-OH is 1. The molecule has 0 radical (unpaired) electrons. The molecule has 2 aromatic carbocycles. The van der Waals surface area contributed by atoms with Crippen molar-refractivity contribution >= 4 is 34.5 Å². The van der Waals surface area contributed by atoms with Crippen LogP contribution in [0.25, 0.3) is 0 Å². The molecule has 2 aliphatic rings. The molecule has 0 bridgehead atoms. The van der Waals surface area contributed by atoms with Crippen molar-refractivity contribution in [1.82, 2.24) is 4.98 Å². The number of amidine groups is 1. The third-order valence-corrected chi connectivity index (χ3v) is 6.04. The third-order valence-electron chi connectivity index (χ3n) is 5.72. The topological polar surface area (TPSA) is 84.5 Å². The van der Waals surface area contributed by atoms with E-state index in [0.717, 1.165) is 30.7 Å². The molecule has 6 nitrogen and oxygen atoms in total. The highest BCUT2D eigenvalue weighted by Crippen LogP contribution is 2.46. The summed E-state index contributed by atoms with van der Waals surface area (Å²) in [4.78, 5) is 9.21. The molecule has 0 spiro atoms. The smallest absolute Gasteiger partial charge is 0.355 e. The van der Waals surface area contributed by atoms with Crippen LogP contribution >= 0.6 is 11.6 Å². The molecule has 1 aliphatic carbocycles. The number of benzene rings is 2. The minimum atomic E-state index is -4.61. The lowest BCUT2D eigenvalue weighted by Gasteiger charge is -2.35. The van der Waals surface area contributed by atoms with E-state index < -0.39 is 18.2 Å². The highest BCUT2D eigenvalue weighted by atomic mass is 35.5. The van der Waals surface area contributed by atoms with Crippen molar-refractivity contribution in [1.29, 1.82) is 5.26 Å². The van der Waals surface area contributed by atoms with Gasteiger partial charge < -0.3 is 10.4 Å². The lowest BCUT2D eigenvalue weighted by molar-refractivity contribution is -0.141. The number of nitrogens with zero attached hydrogens (tertiary/aromatic N) is 4. The maximum atomic E-state index is 13.1. The summed E-state index contributed by atoms with van der Waals surface area (Å²) < 4.78 is 39.4. The number of nitrogens with one attached hydrogen (secondary N) is 1. The summed E-state index contributed by atoms with van der Waals surface area (Å²) in [5, 5.41) is 24.0. The number of aliphatic hydroxyl groups is 1. The van der Waals surface area contributed by atoms with E-state index in [1.165, 1.54) is 6.07 Å². The Bertz CT molecular complexity index is 1350. The lowest BCUT2D eigenvalue weighted by Crippen LogP contribution is -2.37. The van der Waals surface area contributed by atoms with Crippen molar-refractivity contribution in [3.63, 3.8) is 0 Å². The van der Waals surface area contributed by atoms with Crippen LogP contribution in [-0.2, 0) is 6.18 Å².